The summed E-state index contributed by atoms with van der Waals surface area (Å²) >= 11 is 5.95. The largest absolute Gasteiger partial charge is 0.496 e. The molecule has 0 atom stereocenters. The molecule has 1 aromatic rings. The van der Waals surface area contributed by atoms with Crippen LogP contribution in [0, 0.1) is 0 Å². The Balaban J connectivity index is 2.75. The van der Waals surface area contributed by atoms with E-state index >= 15 is 0 Å². The van der Waals surface area contributed by atoms with Crippen molar-refractivity contribution in [3.05, 3.63) is 28.8 Å². The number of halogens is 1. The zero-order valence-electron chi connectivity index (χ0n) is 9.12. The predicted octanol–water partition coefficient (Wildman–Crippen LogP) is -0.0453. The number of carbonyl (C=O) groups is 2. The van der Waals surface area contributed by atoms with E-state index in [-0.39, 0.29) is 6.54 Å². The SMILES string of the molecule is COc1cccc(Cl)c1CNC(=O)C(=O)NN. The maximum Gasteiger partial charge on any atom is 0.323 e. The van der Waals surface area contributed by atoms with Gasteiger partial charge in [0.1, 0.15) is 5.75 Å². The average Bonchev–Trinajstić information content (AvgIpc) is 2.35. The van der Waals surface area contributed by atoms with Gasteiger partial charge in [-0.1, -0.05) is 17.7 Å². The average molecular weight is 258 g/mol. The van der Waals surface area contributed by atoms with Gasteiger partial charge in [0, 0.05) is 17.1 Å². The van der Waals surface area contributed by atoms with Crippen LogP contribution in [0.15, 0.2) is 18.2 Å². The monoisotopic (exact) mass is 257 g/mol. The number of hydrazine groups is 1. The Labute approximate surface area is 103 Å². The van der Waals surface area contributed by atoms with Gasteiger partial charge < -0.3 is 10.1 Å². The fourth-order valence-corrected chi connectivity index (χ4v) is 1.45. The van der Waals surface area contributed by atoms with Gasteiger partial charge in [0.15, 0.2) is 0 Å². The summed E-state index contributed by atoms with van der Waals surface area (Å²) in [6.07, 6.45) is 0. The molecule has 7 heteroatoms. The van der Waals surface area contributed by atoms with Gasteiger partial charge in [0.2, 0.25) is 0 Å². The minimum absolute atomic E-state index is 0.0785. The predicted molar refractivity (Wildman–Crippen MR) is 62.2 cm³/mol. The summed E-state index contributed by atoms with van der Waals surface area (Å²) < 4.78 is 5.08. The number of nitrogens with one attached hydrogen (secondary N) is 2. The molecule has 17 heavy (non-hydrogen) atoms. The molecule has 0 saturated heterocycles. The summed E-state index contributed by atoms with van der Waals surface area (Å²) in [5, 5.41) is 2.81. The number of nitrogens with two attached hydrogens (primary N) is 1. The molecule has 4 N–H and O–H groups in total. The first-order valence-corrected chi connectivity index (χ1v) is 5.08. The van der Waals surface area contributed by atoms with E-state index in [0.717, 1.165) is 0 Å². The number of amides is 2. The van der Waals surface area contributed by atoms with Crippen LogP contribution in [-0.2, 0) is 16.1 Å². The van der Waals surface area contributed by atoms with Gasteiger partial charge in [0.25, 0.3) is 0 Å². The molecule has 0 unspecified atom stereocenters. The van der Waals surface area contributed by atoms with Crippen molar-refractivity contribution >= 4 is 23.4 Å². The molecule has 0 aliphatic heterocycles. The Kier molecular flexibility index (Phi) is 4.74. The lowest BCUT2D eigenvalue weighted by atomic mass is 10.2. The number of hydrogen-bond acceptors (Lipinski definition) is 4. The third-order valence-electron chi connectivity index (χ3n) is 2.06. The van der Waals surface area contributed by atoms with E-state index in [4.69, 9.17) is 22.2 Å². The molecule has 6 nitrogen and oxygen atoms in total. The molecule has 92 valence electrons. The van der Waals surface area contributed by atoms with Crippen molar-refractivity contribution in [2.75, 3.05) is 7.11 Å². The molecule has 1 rings (SSSR count). The summed E-state index contributed by atoms with van der Waals surface area (Å²) in [6.45, 7) is 0.0785. The van der Waals surface area contributed by atoms with E-state index in [1.807, 2.05) is 0 Å². The molecule has 0 aromatic heterocycles. The zero-order valence-corrected chi connectivity index (χ0v) is 9.88. The Morgan fingerprint density at radius 1 is 1.41 bits per heavy atom. The highest BCUT2D eigenvalue weighted by Crippen LogP contribution is 2.25. The summed E-state index contributed by atoms with van der Waals surface area (Å²) in [7, 11) is 1.49. The first kappa shape index (κ1) is 13.3. The number of hydrogen-bond donors (Lipinski definition) is 3. The van der Waals surface area contributed by atoms with Crippen LogP contribution in [0.5, 0.6) is 5.75 Å². The lowest BCUT2D eigenvalue weighted by molar-refractivity contribution is -0.139. The molecule has 0 radical (unpaired) electrons. The lowest BCUT2D eigenvalue weighted by Gasteiger charge is -2.10. The highest BCUT2D eigenvalue weighted by atomic mass is 35.5. The van der Waals surface area contributed by atoms with Crippen LogP contribution in [0.1, 0.15) is 5.56 Å². The van der Waals surface area contributed by atoms with Crippen molar-refractivity contribution in [3.63, 3.8) is 0 Å². The maximum atomic E-state index is 11.2. The topological polar surface area (TPSA) is 93.4 Å². The zero-order chi connectivity index (χ0) is 12.8. The van der Waals surface area contributed by atoms with Gasteiger partial charge in [-0.05, 0) is 12.1 Å². The summed E-state index contributed by atoms with van der Waals surface area (Å²) in [6, 6.07) is 5.09. The third-order valence-corrected chi connectivity index (χ3v) is 2.41. The van der Waals surface area contributed by atoms with Crippen molar-refractivity contribution in [1.29, 1.82) is 0 Å². The Bertz CT molecular complexity index is 437. The number of rotatable bonds is 3. The Morgan fingerprint density at radius 3 is 2.71 bits per heavy atom. The van der Waals surface area contributed by atoms with Crippen LogP contribution in [-0.4, -0.2) is 18.9 Å². The minimum atomic E-state index is -0.920. The van der Waals surface area contributed by atoms with Crippen molar-refractivity contribution < 1.29 is 14.3 Å². The van der Waals surface area contributed by atoms with Crippen LogP contribution in [0.25, 0.3) is 0 Å². The van der Waals surface area contributed by atoms with Crippen LogP contribution in [0.2, 0.25) is 5.02 Å². The van der Waals surface area contributed by atoms with Crippen molar-refractivity contribution in [2.45, 2.75) is 6.54 Å². The van der Waals surface area contributed by atoms with E-state index in [2.05, 4.69) is 5.32 Å². The summed E-state index contributed by atoms with van der Waals surface area (Å²) in [5.74, 6) is 3.59. The standard InChI is InChI=1S/C10H12ClN3O3/c1-17-8-4-2-3-7(11)6(8)5-13-9(15)10(16)14-12/h2-4H,5,12H2,1H3,(H,13,15)(H,14,16). The molecular weight excluding hydrogens is 246 g/mol. The molecule has 0 fully saturated rings. The molecule has 0 aliphatic carbocycles. The van der Waals surface area contributed by atoms with Gasteiger partial charge in [-0.3, -0.25) is 15.0 Å². The van der Waals surface area contributed by atoms with E-state index in [9.17, 15) is 9.59 Å². The minimum Gasteiger partial charge on any atom is -0.496 e. The number of carbonyl (C=O) groups excluding carboxylic acids is 2. The molecule has 1 aromatic carbocycles. The van der Waals surface area contributed by atoms with Crippen molar-refractivity contribution in [3.8, 4) is 5.75 Å². The number of benzene rings is 1. The normalized spacial score (nSPS) is 9.59. The van der Waals surface area contributed by atoms with Gasteiger partial charge in [-0.2, -0.15) is 0 Å². The first-order chi connectivity index (χ1) is 8.10. The van der Waals surface area contributed by atoms with Gasteiger partial charge >= 0.3 is 11.8 Å². The highest BCUT2D eigenvalue weighted by molar-refractivity contribution is 6.35. The van der Waals surface area contributed by atoms with Crippen LogP contribution >= 0.6 is 11.6 Å². The van der Waals surface area contributed by atoms with Gasteiger partial charge in [0.05, 0.1) is 7.11 Å². The molecule has 0 heterocycles. The third kappa shape index (κ3) is 3.33. The van der Waals surface area contributed by atoms with E-state index in [1.54, 1.807) is 23.6 Å². The number of ether oxygens (including phenoxy) is 1. The van der Waals surface area contributed by atoms with Crippen molar-refractivity contribution in [1.82, 2.24) is 10.7 Å². The highest BCUT2D eigenvalue weighted by Gasteiger charge is 2.13. The lowest BCUT2D eigenvalue weighted by Crippen LogP contribution is -2.42. The molecule has 0 saturated carbocycles. The second-order valence-corrected chi connectivity index (χ2v) is 3.48. The molecular formula is C10H12ClN3O3. The summed E-state index contributed by atoms with van der Waals surface area (Å²) in [4.78, 5) is 22.0. The Morgan fingerprint density at radius 2 is 2.12 bits per heavy atom. The maximum absolute atomic E-state index is 11.2. The van der Waals surface area contributed by atoms with E-state index < -0.39 is 11.8 Å². The molecule has 0 bridgehead atoms. The van der Waals surface area contributed by atoms with Gasteiger partial charge in [-0.15, -0.1) is 0 Å². The van der Waals surface area contributed by atoms with Crippen LogP contribution < -0.4 is 21.3 Å². The second-order valence-electron chi connectivity index (χ2n) is 3.08. The van der Waals surface area contributed by atoms with E-state index in [0.29, 0.717) is 16.3 Å². The summed E-state index contributed by atoms with van der Waals surface area (Å²) in [5.41, 5.74) is 2.32. The quantitative estimate of drug-likeness (QED) is 0.306. The Hall–Kier alpha value is -1.79. The van der Waals surface area contributed by atoms with Gasteiger partial charge in [-0.25, -0.2) is 5.84 Å². The molecule has 2 amide bonds. The first-order valence-electron chi connectivity index (χ1n) is 4.70. The van der Waals surface area contributed by atoms with Crippen LogP contribution in [0.4, 0.5) is 0 Å². The van der Waals surface area contributed by atoms with Crippen LogP contribution in [0.3, 0.4) is 0 Å². The second kappa shape index (κ2) is 6.07. The van der Waals surface area contributed by atoms with Crippen molar-refractivity contribution in [2.24, 2.45) is 5.84 Å². The van der Waals surface area contributed by atoms with E-state index in [1.165, 1.54) is 7.11 Å². The smallest absolute Gasteiger partial charge is 0.323 e. The molecule has 0 spiro atoms. The number of methoxy groups -OCH3 is 1. The fourth-order valence-electron chi connectivity index (χ4n) is 1.22. The fraction of sp³-hybridized carbons (Fsp3) is 0.200. The molecule has 0 aliphatic rings.